The number of H-pyrrole nitrogens is 1. The fraction of sp³-hybridized carbons (Fsp3) is 0.364. The number of rotatable bonds is 6. The minimum Gasteiger partial charge on any atom is -0.504 e. The van der Waals surface area contributed by atoms with Crippen LogP contribution in [0.2, 0.25) is 0 Å². The van der Waals surface area contributed by atoms with Gasteiger partial charge in [-0.2, -0.15) is 0 Å². The first kappa shape index (κ1) is 19.3. The second kappa shape index (κ2) is 7.75. The molecule has 29 heavy (non-hydrogen) atoms. The number of aromatic hydroxyl groups is 1. The number of aryl methyl sites for hydroxylation is 1. The topological polar surface area (TPSA) is 100 Å². The number of methoxy groups -OCH3 is 1. The quantitative estimate of drug-likeness (QED) is 0.425. The first-order valence-electron chi connectivity index (χ1n) is 9.87. The van der Waals surface area contributed by atoms with Crippen molar-refractivity contribution in [1.82, 2.24) is 10.3 Å². The van der Waals surface area contributed by atoms with Gasteiger partial charge in [-0.3, -0.25) is 10.1 Å². The van der Waals surface area contributed by atoms with Gasteiger partial charge >= 0.3 is 0 Å². The molecule has 0 bridgehead atoms. The highest BCUT2D eigenvalue weighted by Crippen LogP contribution is 2.36. The number of fused-ring (bicyclic) bond motifs is 3. The van der Waals surface area contributed by atoms with E-state index in [1.165, 1.54) is 5.56 Å². The summed E-state index contributed by atoms with van der Waals surface area (Å²) in [4.78, 5) is 14.3. The average molecular weight is 395 g/mol. The molecule has 7 nitrogen and oxygen atoms in total. The van der Waals surface area contributed by atoms with Crippen LogP contribution in [0, 0.1) is 10.1 Å². The normalized spacial score (nSPS) is 17.1. The third kappa shape index (κ3) is 3.78. The highest BCUT2D eigenvalue weighted by Gasteiger charge is 2.26. The zero-order chi connectivity index (χ0) is 20.5. The molecule has 7 heteroatoms. The minimum absolute atomic E-state index is 0.129. The molecular formula is C22H25N3O4. The molecule has 3 N–H and O–H groups in total. The third-order valence-corrected chi connectivity index (χ3v) is 5.67. The van der Waals surface area contributed by atoms with E-state index in [0.717, 1.165) is 47.8 Å². The van der Waals surface area contributed by atoms with Crippen LogP contribution in [0.25, 0.3) is 10.9 Å². The molecule has 152 valence electrons. The van der Waals surface area contributed by atoms with Gasteiger partial charge in [0, 0.05) is 40.8 Å². The summed E-state index contributed by atoms with van der Waals surface area (Å²) in [5, 5.41) is 25.6. The number of ether oxygens (including phenoxy) is 1. The Morgan fingerprint density at radius 1 is 1.34 bits per heavy atom. The van der Waals surface area contributed by atoms with Crippen LogP contribution in [-0.4, -0.2) is 28.2 Å². The number of aromatic amines is 1. The second-order valence-corrected chi connectivity index (χ2v) is 7.73. The first-order chi connectivity index (χ1) is 14.0. The predicted octanol–water partition coefficient (Wildman–Crippen LogP) is 4.39. The summed E-state index contributed by atoms with van der Waals surface area (Å²) in [6.07, 6.45) is 3.79. The standard InChI is InChI=1S/C22H25N3O4/c1-13(10-14-6-9-20(26)21(11-14)29-2)23-19-5-3-4-16-17-12-15(25(27)28)7-8-18(17)24-22(16)19/h6-9,11-13,19,23-24,26H,3-5,10H2,1-2H3/t13-,19-/m1/s1. The van der Waals surface area contributed by atoms with Gasteiger partial charge in [-0.25, -0.2) is 0 Å². The number of nitro groups is 1. The van der Waals surface area contributed by atoms with Gasteiger partial charge in [0.15, 0.2) is 11.5 Å². The predicted molar refractivity (Wildman–Crippen MR) is 112 cm³/mol. The molecule has 2 atom stereocenters. The molecule has 0 saturated heterocycles. The van der Waals surface area contributed by atoms with Gasteiger partial charge in [0.25, 0.3) is 5.69 Å². The van der Waals surface area contributed by atoms with Crippen LogP contribution in [0.5, 0.6) is 11.5 Å². The van der Waals surface area contributed by atoms with Crippen molar-refractivity contribution in [1.29, 1.82) is 0 Å². The van der Waals surface area contributed by atoms with E-state index >= 15 is 0 Å². The monoisotopic (exact) mass is 395 g/mol. The van der Waals surface area contributed by atoms with E-state index in [4.69, 9.17) is 4.74 Å². The van der Waals surface area contributed by atoms with Gasteiger partial charge in [0.05, 0.1) is 12.0 Å². The van der Waals surface area contributed by atoms with E-state index in [1.807, 2.05) is 12.1 Å². The number of non-ortho nitro benzene ring substituents is 1. The zero-order valence-electron chi connectivity index (χ0n) is 16.6. The fourth-order valence-corrected chi connectivity index (χ4v) is 4.34. The summed E-state index contributed by atoms with van der Waals surface area (Å²) >= 11 is 0. The number of phenols is 1. The average Bonchev–Trinajstić information content (AvgIpc) is 3.08. The largest absolute Gasteiger partial charge is 0.504 e. The molecule has 4 rings (SSSR count). The van der Waals surface area contributed by atoms with Crippen molar-refractivity contribution in [3.05, 3.63) is 63.3 Å². The lowest BCUT2D eigenvalue weighted by Crippen LogP contribution is -2.34. The van der Waals surface area contributed by atoms with E-state index in [9.17, 15) is 15.2 Å². The summed E-state index contributed by atoms with van der Waals surface area (Å²) in [7, 11) is 1.55. The summed E-state index contributed by atoms with van der Waals surface area (Å²) in [5.41, 5.74) is 4.49. The van der Waals surface area contributed by atoms with Crippen LogP contribution in [0.15, 0.2) is 36.4 Å². The van der Waals surface area contributed by atoms with Gasteiger partial charge in [0.1, 0.15) is 0 Å². The molecule has 1 aliphatic rings. The Morgan fingerprint density at radius 3 is 2.93 bits per heavy atom. The number of nitrogens with zero attached hydrogens (tertiary/aromatic N) is 1. The summed E-state index contributed by atoms with van der Waals surface area (Å²) < 4.78 is 5.20. The van der Waals surface area contributed by atoms with Crippen LogP contribution in [0.4, 0.5) is 5.69 Å². The van der Waals surface area contributed by atoms with E-state index in [0.29, 0.717) is 5.75 Å². The minimum atomic E-state index is -0.342. The van der Waals surface area contributed by atoms with Gasteiger partial charge in [0.2, 0.25) is 0 Å². The molecule has 0 amide bonds. The van der Waals surface area contributed by atoms with Crippen molar-refractivity contribution in [2.45, 2.75) is 44.7 Å². The number of benzene rings is 2. The molecule has 0 radical (unpaired) electrons. The second-order valence-electron chi connectivity index (χ2n) is 7.73. The van der Waals surface area contributed by atoms with Crippen molar-refractivity contribution >= 4 is 16.6 Å². The summed E-state index contributed by atoms with van der Waals surface area (Å²) in [5.74, 6) is 0.618. The van der Waals surface area contributed by atoms with Crippen LogP contribution >= 0.6 is 0 Å². The highest BCUT2D eigenvalue weighted by molar-refractivity contribution is 5.87. The van der Waals surface area contributed by atoms with Crippen molar-refractivity contribution in [3.8, 4) is 11.5 Å². The molecule has 1 aliphatic carbocycles. The van der Waals surface area contributed by atoms with Crippen molar-refractivity contribution < 1.29 is 14.8 Å². The molecule has 0 aliphatic heterocycles. The number of nitrogens with one attached hydrogen (secondary N) is 2. The lowest BCUT2D eigenvalue weighted by atomic mass is 9.91. The molecule has 0 spiro atoms. The van der Waals surface area contributed by atoms with Crippen LogP contribution < -0.4 is 10.1 Å². The van der Waals surface area contributed by atoms with Crippen molar-refractivity contribution in [2.24, 2.45) is 0 Å². The van der Waals surface area contributed by atoms with E-state index in [2.05, 4.69) is 17.2 Å². The van der Waals surface area contributed by atoms with E-state index in [1.54, 1.807) is 31.4 Å². The maximum Gasteiger partial charge on any atom is 0.270 e. The molecule has 0 fully saturated rings. The SMILES string of the molecule is COc1cc(C[C@@H](C)N[C@@H]2CCCc3c2[nH]c2ccc([N+](=O)[O-])cc32)ccc1O. The molecule has 1 heterocycles. The van der Waals surface area contributed by atoms with E-state index in [-0.39, 0.29) is 28.4 Å². The molecule has 2 aromatic carbocycles. The molecular weight excluding hydrogens is 370 g/mol. The number of nitro benzene ring substituents is 1. The Balaban J connectivity index is 1.55. The Labute approximate surface area is 168 Å². The molecule has 1 aromatic heterocycles. The zero-order valence-corrected chi connectivity index (χ0v) is 16.6. The van der Waals surface area contributed by atoms with Gasteiger partial charge < -0.3 is 20.1 Å². The Bertz CT molecular complexity index is 1060. The molecule has 0 unspecified atom stereocenters. The number of aromatic nitrogens is 1. The van der Waals surface area contributed by atoms with Crippen LogP contribution in [0.1, 0.15) is 42.6 Å². The summed E-state index contributed by atoms with van der Waals surface area (Å²) in [6, 6.07) is 10.8. The van der Waals surface area contributed by atoms with Crippen LogP contribution in [-0.2, 0) is 12.8 Å². The number of hydrogen-bond acceptors (Lipinski definition) is 5. The lowest BCUT2D eigenvalue weighted by Gasteiger charge is -2.27. The maximum absolute atomic E-state index is 11.1. The van der Waals surface area contributed by atoms with Crippen LogP contribution in [0.3, 0.4) is 0 Å². The number of hydrogen-bond donors (Lipinski definition) is 3. The number of phenolic OH excluding ortho intramolecular Hbond substituents is 1. The third-order valence-electron chi connectivity index (χ3n) is 5.67. The smallest absolute Gasteiger partial charge is 0.270 e. The maximum atomic E-state index is 11.1. The lowest BCUT2D eigenvalue weighted by molar-refractivity contribution is -0.384. The van der Waals surface area contributed by atoms with Gasteiger partial charge in [-0.15, -0.1) is 0 Å². The first-order valence-corrected chi connectivity index (χ1v) is 9.87. The Kier molecular flexibility index (Phi) is 5.15. The van der Waals surface area contributed by atoms with Crippen molar-refractivity contribution in [3.63, 3.8) is 0 Å². The molecule has 0 saturated carbocycles. The van der Waals surface area contributed by atoms with Gasteiger partial charge in [-0.1, -0.05) is 6.07 Å². The van der Waals surface area contributed by atoms with Crippen molar-refractivity contribution in [2.75, 3.05) is 7.11 Å². The Hall–Kier alpha value is -3.06. The summed E-state index contributed by atoms with van der Waals surface area (Å²) in [6.45, 7) is 2.14. The van der Waals surface area contributed by atoms with E-state index < -0.39 is 0 Å². The Morgan fingerprint density at radius 2 is 2.17 bits per heavy atom. The highest BCUT2D eigenvalue weighted by atomic mass is 16.6. The van der Waals surface area contributed by atoms with Gasteiger partial charge in [-0.05, 0) is 61.9 Å². The fourth-order valence-electron chi connectivity index (χ4n) is 4.34. The molecule has 3 aromatic rings.